The molecule has 6 nitrogen and oxygen atoms in total. The molecule has 21 heavy (non-hydrogen) atoms. The molecular formula is C14H18N3O3S+. The first kappa shape index (κ1) is 14.2. The van der Waals surface area contributed by atoms with E-state index in [9.17, 15) is 14.4 Å². The van der Waals surface area contributed by atoms with Gasteiger partial charge in [-0.25, -0.2) is 9.69 Å². The average molecular weight is 308 g/mol. The Balaban J connectivity index is 1.81. The van der Waals surface area contributed by atoms with E-state index in [0.717, 1.165) is 29.2 Å². The molecule has 4 amide bonds. The molecule has 1 fully saturated rings. The molecule has 1 aromatic rings. The number of hydrogen-bond donors (Lipinski definition) is 1. The van der Waals surface area contributed by atoms with Gasteiger partial charge in [0.2, 0.25) is 0 Å². The van der Waals surface area contributed by atoms with Crippen molar-refractivity contribution in [2.75, 3.05) is 20.3 Å². The fourth-order valence-electron chi connectivity index (χ4n) is 3.19. The Morgan fingerprint density at radius 1 is 1.33 bits per heavy atom. The van der Waals surface area contributed by atoms with Crippen molar-refractivity contribution < 1.29 is 19.3 Å². The molecule has 1 saturated heterocycles. The molecule has 0 spiro atoms. The van der Waals surface area contributed by atoms with E-state index in [1.807, 2.05) is 0 Å². The first-order valence-electron chi connectivity index (χ1n) is 7.09. The molecule has 3 rings (SSSR count). The number of thiophene rings is 1. The number of fused-ring (bicyclic) bond motifs is 1. The summed E-state index contributed by atoms with van der Waals surface area (Å²) in [5, 5.41) is 2.10. The van der Waals surface area contributed by atoms with E-state index in [1.54, 1.807) is 11.3 Å². The predicted molar refractivity (Wildman–Crippen MR) is 76.8 cm³/mol. The minimum atomic E-state index is -0.735. The van der Waals surface area contributed by atoms with Crippen molar-refractivity contribution in [1.29, 1.82) is 0 Å². The summed E-state index contributed by atoms with van der Waals surface area (Å²) in [6, 6.07) is 1.91. The highest BCUT2D eigenvalue weighted by atomic mass is 32.1. The number of amides is 4. The maximum atomic E-state index is 12.0. The lowest BCUT2D eigenvalue weighted by molar-refractivity contribution is -0.940. The van der Waals surface area contributed by atoms with Crippen molar-refractivity contribution in [1.82, 2.24) is 9.80 Å². The number of likely N-dealkylation sites (N-methyl/N-ethyl adjacent to an activating group) is 1. The summed E-state index contributed by atoms with van der Waals surface area (Å²) in [5.41, 5.74) is 1.32. The molecule has 0 bridgehead atoms. The van der Waals surface area contributed by atoms with Gasteiger partial charge in [0.25, 0.3) is 0 Å². The van der Waals surface area contributed by atoms with Crippen LogP contribution in [0.1, 0.15) is 29.8 Å². The summed E-state index contributed by atoms with van der Waals surface area (Å²) in [7, 11) is 1.35. The molecule has 0 saturated carbocycles. The second-order valence-corrected chi connectivity index (χ2v) is 6.46. The van der Waals surface area contributed by atoms with Crippen LogP contribution in [0.25, 0.3) is 0 Å². The Morgan fingerprint density at radius 2 is 2.10 bits per heavy atom. The molecule has 0 aliphatic carbocycles. The number of carbonyl (C=O) groups excluding carboxylic acids is 3. The molecule has 1 aromatic heterocycles. The van der Waals surface area contributed by atoms with Crippen molar-refractivity contribution >= 4 is 29.2 Å². The summed E-state index contributed by atoms with van der Waals surface area (Å²) in [6.07, 6.45) is 1.90. The first-order chi connectivity index (χ1) is 10.0. The van der Waals surface area contributed by atoms with Crippen molar-refractivity contribution in [3.63, 3.8) is 0 Å². The molecule has 3 heterocycles. The Hall–Kier alpha value is -1.73. The van der Waals surface area contributed by atoms with Crippen molar-refractivity contribution in [2.45, 2.75) is 25.8 Å². The number of imide groups is 2. The number of quaternary nitrogens is 1. The largest absolute Gasteiger partial charge is 0.338 e. The number of hydrogen-bond acceptors (Lipinski definition) is 4. The molecule has 1 unspecified atom stereocenters. The third kappa shape index (κ3) is 2.16. The third-order valence-corrected chi connectivity index (χ3v) is 5.34. The lowest BCUT2D eigenvalue weighted by Gasteiger charge is -2.33. The molecule has 2 aliphatic rings. The third-order valence-electron chi connectivity index (χ3n) is 4.34. The van der Waals surface area contributed by atoms with Gasteiger partial charge in [-0.05, 0) is 11.4 Å². The number of nitrogens with one attached hydrogen (secondary N) is 1. The SMILES string of the molecule is CC[C@@H]1c2ccsc2CC[NH+]1CN1C(=O)C(=O)N(C)C1=O. The van der Waals surface area contributed by atoms with E-state index in [0.29, 0.717) is 0 Å². The van der Waals surface area contributed by atoms with E-state index in [4.69, 9.17) is 0 Å². The second kappa shape index (κ2) is 5.23. The topological polar surface area (TPSA) is 62.1 Å². The van der Waals surface area contributed by atoms with Gasteiger partial charge in [-0.3, -0.25) is 14.5 Å². The van der Waals surface area contributed by atoms with Crippen LogP contribution in [-0.2, 0) is 16.0 Å². The van der Waals surface area contributed by atoms with E-state index < -0.39 is 17.8 Å². The molecule has 0 radical (unpaired) electrons. The lowest BCUT2D eigenvalue weighted by atomic mass is 9.98. The molecule has 2 atom stereocenters. The zero-order chi connectivity index (χ0) is 15.1. The van der Waals surface area contributed by atoms with Crippen molar-refractivity contribution in [3.05, 3.63) is 21.9 Å². The molecule has 0 aromatic carbocycles. The van der Waals surface area contributed by atoms with Gasteiger partial charge in [0.05, 0.1) is 6.54 Å². The highest BCUT2D eigenvalue weighted by Gasteiger charge is 2.45. The fraction of sp³-hybridized carbons (Fsp3) is 0.500. The summed E-state index contributed by atoms with van der Waals surface area (Å²) in [5.74, 6) is -1.44. The van der Waals surface area contributed by atoms with Crippen LogP contribution in [-0.4, -0.2) is 47.9 Å². The van der Waals surface area contributed by atoms with Gasteiger partial charge < -0.3 is 4.90 Å². The molecule has 112 valence electrons. The molecule has 2 aliphatic heterocycles. The Kier molecular flexibility index (Phi) is 3.54. The van der Waals surface area contributed by atoms with E-state index in [-0.39, 0.29) is 12.7 Å². The molecular weight excluding hydrogens is 290 g/mol. The lowest BCUT2D eigenvalue weighted by Crippen LogP contribution is -3.14. The van der Waals surface area contributed by atoms with Gasteiger partial charge in [0.1, 0.15) is 6.04 Å². The molecule has 1 N–H and O–H groups in total. The van der Waals surface area contributed by atoms with Crippen LogP contribution in [0.4, 0.5) is 4.79 Å². The zero-order valence-electron chi connectivity index (χ0n) is 12.1. The van der Waals surface area contributed by atoms with Gasteiger partial charge >= 0.3 is 17.8 Å². The normalized spacial score (nSPS) is 25.7. The van der Waals surface area contributed by atoms with Crippen LogP contribution in [0.15, 0.2) is 11.4 Å². The van der Waals surface area contributed by atoms with Crippen LogP contribution in [0.2, 0.25) is 0 Å². The van der Waals surface area contributed by atoms with Gasteiger partial charge in [0.15, 0.2) is 6.67 Å². The van der Waals surface area contributed by atoms with E-state index in [1.165, 1.54) is 22.4 Å². The summed E-state index contributed by atoms with van der Waals surface area (Å²) in [6.45, 7) is 3.25. The monoisotopic (exact) mass is 308 g/mol. The average Bonchev–Trinajstić information content (AvgIpc) is 3.03. The minimum Gasteiger partial charge on any atom is -0.311 e. The van der Waals surface area contributed by atoms with Crippen LogP contribution in [0, 0.1) is 0 Å². The minimum absolute atomic E-state index is 0.265. The zero-order valence-corrected chi connectivity index (χ0v) is 12.9. The van der Waals surface area contributed by atoms with Crippen LogP contribution < -0.4 is 4.90 Å². The summed E-state index contributed by atoms with van der Waals surface area (Å²) < 4.78 is 0. The fourth-order valence-corrected chi connectivity index (χ4v) is 4.13. The van der Waals surface area contributed by atoms with Gasteiger partial charge in [-0.1, -0.05) is 6.92 Å². The summed E-state index contributed by atoms with van der Waals surface area (Å²) >= 11 is 1.77. The quantitative estimate of drug-likeness (QED) is 0.632. The Morgan fingerprint density at radius 3 is 2.71 bits per heavy atom. The van der Waals surface area contributed by atoms with Crippen LogP contribution >= 0.6 is 11.3 Å². The Bertz CT molecular complexity index is 612. The highest BCUT2D eigenvalue weighted by molar-refractivity contribution is 7.10. The Labute approximate surface area is 126 Å². The van der Waals surface area contributed by atoms with Gasteiger partial charge in [-0.15, -0.1) is 11.3 Å². The van der Waals surface area contributed by atoms with Gasteiger partial charge in [0, 0.05) is 30.3 Å². The van der Waals surface area contributed by atoms with Crippen LogP contribution in [0.3, 0.4) is 0 Å². The van der Waals surface area contributed by atoms with Crippen molar-refractivity contribution in [3.8, 4) is 0 Å². The molecule has 7 heteroatoms. The maximum absolute atomic E-state index is 12.0. The number of rotatable bonds is 3. The smallest absolute Gasteiger partial charge is 0.311 e. The van der Waals surface area contributed by atoms with E-state index >= 15 is 0 Å². The first-order valence-corrected chi connectivity index (χ1v) is 7.97. The standard InChI is InChI=1S/C14H17N3O3S/c1-3-10-9-5-7-21-11(9)4-6-16(10)8-17-13(19)12(18)15(2)14(17)20/h5,7,10H,3-4,6,8H2,1-2H3/p+1/t10-/m1/s1. The second-order valence-electron chi connectivity index (χ2n) is 5.46. The van der Waals surface area contributed by atoms with E-state index in [2.05, 4.69) is 18.4 Å². The number of carbonyl (C=O) groups is 3. The van der Waals surface area contributed by atoms with Crippen LogP contribution in [0.5, 0.6) is 0 Å². The predicted octanol–water partition coefficient (Wildman–Crippen LogP) is 0.0183. The van der Waals surface area contributed by atoms with Gasteiger partial charge in [-0.2, -0.15) is 0 Å². The van der Waals surface area contributed by atoms with Crippen molar-refractivity contribution in [2.24, 2.45) is 0 Å². The highest BCUT2D eigenvalue weighted by Crippen LogP contribution is 2.26. The maximum Gasteiger partial charge on any atom is 0.338 e. The number of nitrogens with zero attached hydrogens (tertiary/aromatic N) is 2. The summed E-state index contributed by atoms with van der Waals surface area (Å²) in [4.78, 5) is 40.0. The number of urea groups is 1.